The summed E-state index contributed by atoms with van der Waals surface area (Å²) in [6.45, 7) is 2.18. The van der Waals surface area contributed by atoms with Crippen LogP contribution in [-0.2, 0) is 0 Å². The van der Waals surface area contributed by atoms with E-state index >= 15 is 0 Å². The third-order valence-corrected chi connectivity index (χ3v) is 2.38. The number of urea groups is 1. The molecule has 0 aromatic carbocycles. The van der Waals surface area contributed by atoms with E-state index in [0.29, 0.717) is 0 Å². The molecule has 4 heteroatoms. The number of piperidine rings is 1. The van der Waals surface area contributed by atoms with Crippen molar-refractivity contribution < 1.29 is 9.28 Å². The summed E-state index contributed by atoms with van der Waals surface area (Å²) in [4.78, 5) is 10.6. The molecule has 1 fully saturated rings. The number of likely N-dealkylation sites (N-methyl/N-ethyl adjacent to an activating group) is 1. The molecule has 1 heterocycles. The minimum absolute atomic E-state index is 0.270. The zero-order valence-corrected chi connectivity index (χ0v) is 7.84. The van der Waals surface area contributed by atoms with Crippen LogP contribution in [0.1, 0.15) is 12.8 Å². The first-order valence-corrected chi connectivity index (χ1v) is 4.37. The van der Waals surface area contributed by atoms with Gasteiger partial charge in [-0.1, -0.05) is 0 Å². The van der Waals surface area contributed by atoms with Gasteiger partial charge in [-0.3, -0.25) is 0 Å². The van der Waals surface area contributed by atoms with E-state index in [4.69, 9.17) is 5.73 Å². The zero-order chi connectivity index (χ0) is 9.19. The van der Waals surface area contributed by atoms with Crippen LogP contribution in [0.2, 0.25) is 0 Å². The van der Waals surface area contributed by atoms with Crippen molar-refractivity contribution in [3.05, 3.63) is 0 Å². The first-order valence-electron chi connectivity index (χ1n) is 4.37. The maximum atomic E-state index is 10.6. The SMILES string of the molecule is C[N+]1(C)CCCC(NC(N)=O)C1. The molecule has 0 aromatic heterocycles. The lowest BCUT2D eigenvalue weighted by molar-refractivity contribution is -0.896. The Morgan fingerprint density at radius 1 is 1.58 bits per heavy atom. The van der Waals surface area contributed by atoms with Gasteiger partial charge < -0.3 is 15.5 Å². The second-order valence-corrected chi connectivity index (χ2v) is 4.19. The highest BCUT2D eigenvalue weighted by Gasteiger charge is 2.27. The van der Waals surface area contributed by atoms with E-state index in [1.54, 1.807) is 0 Å². The molecule has 12 heavy (non-hydrogen) atoms. The fourth-order valence-corrected chi connectivity index (χ4v) is 1.86. The van der Waals surface area contributed by atoms with Gasteiger partial charge in [0.25, 0.3) is 0 Å². The van der Waals surface area contributed by atoms with Crippen molar-refractivity contribution in [1.29, 1.82) is 0 Å². The molecule has 0 aliphatic carbocycles. The van der Waals surface area contributed by atoms with Crippen LogP contribution in [-0.4, -0.2) is 43.7 Å². The number of rotatable bonds is 1. The molecule has 3 N–H and O–H groups in total. The summed E-state index contributed by atoms with van der Waals surface area (Å²) in [5.74, 6) is 0. The van der Waals surface area contributed by atoms with Crippen LogP contribution in [0, 0.1) is 0 Å². The predicted molar refractivity (Wildman–Crippen MR) is 47.6 cm³/mol. The lowest BCUT2D eigenvalue weighted by Gasteiger charge is -2.37. The maximum Gasteiger partial charge on any atom is 0.312 e. The van der Waals surface area contributed by atoms with E-state index in [-0.39, 0.29) is 6.04 Å². The van der Waals surface area contributed by atoms with Gasteiger partial charge in [0.1, 0.15) is 0 Å². The standard InChI is InChI=1S/C8H17N3O/c1-11(2)5-3-4-7(6-11)10-8(9)12/h7H,3-6H2,1-2H3,(H2-,9,10,12)/p+1. The fourth-order valence-electron chi connectivity index (χ4n) is 1.86. The molecular weight excluding hydrogens is 154 g/mol. The van der Waals surface area contributed by atoms with Gasteiger partial charge in [0.15, 0.2) is 0 Å². The van der Waals surface area contributed by atoms with Crippen molar-refractivity contribution in [1.82, 2.24) is 5.32 Å². The number of carbonyl (C=O) groups is 1. The monoisotopic (exact) mass is 172 g/mol. The van der Waals surface area contributed by atoms with Crippen LogP contribution in [0.4, 0.5) is 4.79 Å². The van der Waals surface area contributed by atoms with Crippen molar-refractivity contribution in [2.24, 2.45) is 5.73 Å². The molecule has 1 unspecified atom stereocenters. The van der Waals surface area contributed by atoms with Crippen molar-refractivity contribution in [3.8, 4) is 0 Å². The highest BCUT2D eigenvalue weighted by atomic mass is 16.2. The molecule has 0 radical (unpaired) electrons. The molecule has 1 rings (SSSR count). The van der Waals surface area contributed by atoms with E-state index in [1.165, 1.54) is 6.54 Å². The number of quaternary nitrogens is 1. The zero-order valence-electron chi connectivity index (χ0n) is 7.84. The van der Waals surface area contributed by atoms with Gasteiger partial charge in [0, 0.05) is 0 Å². The van der Waals surface area contributed by atoms with E-state index in [9.17, 15) is 4.79 Å². The summed E-state index contributed by atoms with van der Waals surface area (Å²) in [7, 11) is 4.35. The molecule has 1 atom stereocenters. The summed E-state index contributed by atoms with van der Waals surface area (Å²) < 4.78 is 0.977. The first-order chi connectivity index (χ1) is 5.49. The van der Waals surface area contributed by atoms with Crippen LogP contribution >= 0.6 is 0 Å². The molecule has 2 amide bonds. The molecule has 0 spiro atoms. The number of nitrogens with two attached hydrogens (primary N) is 1. The maximum absolute atomic E-state index is 10.6. The lowest BCUT2D eigenvalue weighted by Crippen LogP contribution is -2.55. The van der Waals surface area contributed by atoms with Crippen LogP contribution < -0.4 is 11.1 Å². The number of amides is 2. The van der Waals surface area contributed by atoms with Gasteiger partial charge in [0.2, 0.25) is 0 Å². The Morgan fingerprint density at radius 3 is 2.75 bits per heavy atom. The van der Waals surface area contributed by atoms with E-state index in [2.05, 4.69) is 19.4 Å². The molecule has 70 valence electrons. The average Bonchev–Trinajstić information content (AvgIpc) is 1.82. The van der Waals surface area contributed by atoms with Crippen molar-refractivity contribution >= 4 is 6.03 Å². The number of hydrogen-bond donors (Lipinski definition) is 2. The third kappa shape index (κ3) is 2.70. The summed E-state index contributed by atoms with van der Waals surface area (Å²) in [5, 5.41) is 2.76. The Morgan fingerprint density at radius 2 is 2.25 bits per heavy atom. The topological polar surface area (TPSA) is 55.1 Å². The number of hydrogen-bond acceptors (Lipinski definition) is 1. The van der Waals surface area contributed by atoms with Gasteiger partial charge in [-0.05, 0) is 12.8 Å². The number of carbonyl (C=O) groups excluding carboxylic acids is 1. The quantitative estimate of drug-likeness (QED) is 0.533. The molecule has 0 aromatic rings. The van der Waals surface area contributed by atoms with E-state index in [0.717, 1.165) is 23.9 Å². The van der Waals surface area contributed by atoms with Gasteiger partial charge >= 0.3 is 6.03 Å². The van der Waals surface area contributed by atoms with E-state index in [1.807, 2.05) is 0 Å². The van der Waals surface area contributed by atoms with Crippen molar-refractivity contribution in [2.45, 2.75) is 18.9 Å². The van der Waals surface area contributed by atoms with Crippen LogP contribution in [0.25, 0.3) is 0 Å². The van der Waals surface area contributed by atoms with Crippen molar-refractivity contribution in [3.63, 3.8) is 0 Å². The first kappa shape index (κ1) is 9.32. The molecule has 1 aliphatic heterocycles. The molecule has 0 saturated carbocycles. The second-order valence-electron chi connectivity index (χ2n) is 4.19. The Bertz CT molecular complexity index is 179. The van der Waals surface area contributed by atoms with Crippen LogP contribution in [0.5, 0.6) is 0 Å². The van der Waals surface area contributed by atoms with Gasteiger partial charge in [-0.25, -0.2) is 4.79 Å². The third-order valence-electron chi connectivity index (χ3n) is 2.38. The Kier molecular flexibility index (Phi) is 2.57. The molecule has 1 aliphatic rings. The van der Waals surface area contributed by atoms with Gasteiger partial charge in [-0.2, -0.15) is 0 Å². The number of nitrogens with zero attached hydrogens (tertiary/aromatic N) is 1. The highest BCUT2D eigenvalue weighted by Crippen LogP contribution is 2.13. The summed E-state index contributed by atoms with van der Waals surface area (Å²) >= 11 is 0. The molecule has 4 nitrogen and oxygen atoms in total. The minimum atomic E-state index is -0.401. The Labute approximate surface area is 73.3 Å². The lowest BCUT2D eigenvalue weighted by atomic mass is 10.0. The summed E-state index contributed by atoms with van der Waals surface area (Å²) in [6.07, 6.45) is 2.22. The number of primary amides is 1. The molecule has 0 bridgehead atoms. The Balaban J connectivity index is 2.41. The smallest absolute Gasteiger partial charge is 0.312 e. The average molecular weight is 172 g/mol. The molecular formula is C8H18N3O+. The highest BCUT2D eigenvalue weighted by molar-refractivity contribution is 5.71. The van der Waals surface area contributed by atoms with Gasteiger partial charge in [-0.15, -0.1) is 0 Å². The molecule has 1 saturated heterocycles. The van der Waals surface area contributed by atoms with E-state index < -0.39 is 6.03 Å². The second kappa shape index (κ2) is 3.31. The number of likely N-dealkylation sites (tertiary alicyclic amines) is 1. The summed E-state index contributed by atoms with van der Waals surface area (Å²) in [5.41, 5.74) is 5.05. The normalized spacial score (nSPS) is 28.0. The Hall–Kier alpha value is -0.770. The minimum Gasteiger partial charge on any atom is -0.352 e. The largest absolute Gasteiger partial charge is 0.352 e. The summed E-state index contributed by atoms with van der Waals surface area (Å²) in [6, 6.07) is -0.131. The van der Waals surface area contributed by atoms with Crippen LogP contribution in [0.3, 0.4) is 0 Å². The number of nitrogens with one attached hydrogen (secondary N) is 1. The fraction of sp³-hybridized carbons (Fsp3) is 0.875. The van der Waals surface area contributed by atoms with Crippen molar-refractivity contribution in [2.75, 3.05) is 27.2 Å². The van der Waals surface area contributed by atoms with Gasteiger partial charge in [0.05, 0.1) is 33.2 Å². The van der Waals surface area contributed by atoms with Crippen LogP contribution in [0.15, 0.2) is 0 Å². The predicted octanol–water partition coefficient (Wildman–Crippen LogP) is -0.106.